The van der Waals surface area contributed by atoms with Crippen molar-refractivity contribution >= 4 is 33.5 Å². The molecule has 2 N–H and O–H groups in total. The topological polar surface area (TPSA) is 102 Å². The van der Waals surface area contributed by atoms with E-state index in [0.29, 0.717) is 18.8 Å². The Bertz CT molecular complexity index is 573. The van der Waals surface area contributed by atoms with Crippen molar-refractivity contribution in [1.29, 1.82) is 0 Å². The van der Waals surface area contributed by atoms with Crippen molar-refractivity contribution in [2.24, 2.45) is 0 Å². The van der Waals surface area contributed by atoms with Gasteiger partial charge < -0.3 is 15.4 Å². The first-order valence-electron chi connectivity index (χ1n) is 6.32. The maximum absolute atomic E-state index is 12.0. The molecule has 1 rings (SSSR count). The Hall–Kier alpha value is -1.90. The normalized spacial score (nSPS) is 10.0. The predicted octanol–water partition coefficient (Wildman–Crippen LogP) is 0.117. The van der Waals surface area contributed by atoms with Crippen LogP contribution < -0.4 is 16.2 Å². The molecule has 0 saturated carbocycles. The molecule has 1 amide bonds. The van der Waals surface area contributed by atoms with Gasteiger partial charge in [-0.25, -0.2) is 4.68 Å². The van der Waals surface area contributed by atoms with Crippen molar-refractivity contribution in [2.45, 2.75) is 19.9 Å². The van der Waals surface area contributed by atoms with Crippen LogP contribution in [0.15, 0.2) is 15.5 Å². The first-order chi connectivity index (χ1) is 9.99. The molecule has 0 aliphatic carbocycles. The molecule has 21 heavy (non-hydrogen) atoms. The third-order valence-corrected chi connectivity index (χ3v) is 3.30. The highest BCUT2D eigenvalue weighted by atomic mass is 79.9. The van der Waals surface area contributed by atoms with Crippen molar-refractivity contribution in [3.63, 3.8) is 0 Å². The van der Waals surface area contributed by atoms with Crippen molar-refractivity contribution in [2.75, 3.05) is 25.5 Å². The zero-order valence-corrected chi connectivity index (χ0v) is 13.4. The van der Waals surface area contributed by atoms with Gasteiger partial charge in [0.15, 0.2) is 0 Å². The van der Waals surface area contributed by atoms with Gasteiger partial charge in [-0.05, 0) is 22.9 Å². The summed E-state index contributed by atoms with van der Waals surface area (Å²) in [5.41, 5.74) is 0.00817. The van der Waals surface area contributed by atoms with Crippen LogP contribution in [0.1, 0.15) is 13.3 Å². The van der Waals surface area contributed by atoms with Gasteiger partial charge in [-0.2, -0.15) is 5.10 Å². The van der Waals surface area contributed by atoms with Gasteiger partial charge in [-0.3, -0.25) is 14.4 Å². The van der Waals surface area contributed by atoms with E-state index in [-0.39, 0.29) is 23.3 Å². The standard InChI is InChI=1S/C12H17BrN4O4/c1-3-14-9(18)4-5-15-8-6-16-17(7-10(19)21-2)12(20)11(8)13/h6,15H,3-5,7H2,1-2H3,(H,14,18). The summed E-state index contributed by atoms with van der Waals surface area (Å²) in [4.78, 5) is 34.4. The molecule has 0 saturated heterocycles. The summed E-state index contributed by atoms with van der Waals surface area (Å²) in [7, 11) is 1.24. The lowest BCUT2D eigenvalue weighted by Gasteiger charge is -2.09. The van der Waals surface area contributed by atoms with Gasteiger partial charge in [0.2, 0.25) is 5.91 Å². The van der Waals surface area contributed by atoms with E-state index in [1.165, 1.54) is 13.3 Å². The Morgan fingerprint density at radius 2 is 2.19 bits per heavy atom. The lowest BCUT2D eigenvalue weighted by Crippen LogP contribution is -2.29. The molecule has 1 heterocycles. The van der Waals surface area contributed by atoms with Crippen LogP contribution in [0.2, 0.25) is 0 Å². The number of aromatic nitrogens is 2. The zero-order chi connectivity index (χ0) is 15.8. The monoisotopic (exact) mass is 360 g/mol. The van der Waals surface area contributed by atoms with Crippen molar-refractivity contribution < 1.29 is 14.3 Å². The van der Waals surface area contributed by atoms with Crippen LogP contribution in [-0.2, 0) is 20.9 Å². The zero-order valence-electron chi connectivity index (χ0n) is 11.8. The largest absolute Gasteiger partial charge is 0.468 e. The minimum atomic E-state index is -0.562. The Morgan fingerprint density at radius 1 is 1.48 bits per heavy atom. The molecule has 0 spiro atoms. The van der Waals surface area contributed by atoms with Gasteiger partial charge in [0.25, 0.3) is 5.56 Å². The maximum atomic E-state index is 12.0. The minimum Gasteiger partial charge on any atom is -0.468 e. The number of anilines is 1. The van der Waals surface area contributed by atoms with Crippen LogP contribution in [-0.4, -0.2) is 41.9 Å². The quantitative estimate of drug-likeness (QED) is 0.669. The fraction of sp³-hybridized carbons (Fsp3) is 0.500. The van der Waals surface area contributed by atoms with Crippen LogP contribution in [0.3, 0.4) is 0 Å². The number of ether oxygens (including phenoxy) is 1. The van der Waals surface area contributed by atoms with Crippen molar-refractivity contribution in [3.8, 4) is 0 Å². The van der Waals surface area contributed by atoms with Gasteiger partial charge in [-0.15, -0.1) is 0 Å². The Balaban J connectivity index is 2.69. The first kappa shape index (κ1) is 17.2. The van der Waals surface area contributed by atoms with E-state index in [1.807, 2.05) is 6.92 Å². The summed E-state index contributed by atoms with van der Waals surface area (Å²) in [6, 6.07) is 0. The van der Waals surface area contributed by atoms with Crippen LogP contribution in [0.4, 0.5) is 5.69 Å². The van der Waals surface area contributed by atoms with E-state index in [4.69, 9.17) is 0 Å². The number of rotatable bonds is 7. The van der Waals surface area contributed by atoms with Crippen molar-refractivity contribution in [3.05, 3.63) is 21.0 Å². The van der Waals surface area contributed by atoms with Crippen molar-refractivity contribution in [1.82, 2.24) is 15.1 Å². The fourth-order valence-electron chi connectivity index (χ4n) is 1.48. The Labute approximate surface area is 130 Å². The molecule has 0 aliphatic heterocycles. The number of nitrogens with zero attached hydrogens (tertiary/aromatic N) is 2. The summed E-state index contributed by atoms with van der Waals surface area (Å²) in [5.74, 6) is -0.637. The molecule has 9 heteroatoms. The van der Waals surface area contributed by atoms with Crippen LogP contribution >= 0.6 is 15.9 Å². The summed E-state index contributed by atoms with van der Waals surface area (Å²) in [6.07, 6.45) is 1.69. The Kier molecular flexibility index (Phi) is 6.86. The SMILES string of the molecule is CCNC(=O)CCNc1cnn(CC(=O)OC)c(=O)c1Br. The molecular formula is C12H17BrN4O4. The summed E-state index contributed by atoms with van der Waals surface area (Å²) >= 11 is 3.15. The molecule has 0 radical (unpaired) electrons. The van der Waals surface area contributed by atoms with Gasteiger partial charge in [0.1, 0.15) is 11.0 Å². The van der Waals surface area contributed by atoms with Crippen LogP contribution in [0.25, 0.3) is 0 Å². The number of halogens is 1. The molecule has 0 aromatic carbocycles. The molecule has 1 aromatic rings. The van der Waals surface area contributed by atoms with E-state index in [9.17, 15) is 14.4 Å². The average molecular weight is 361 g/mol. The van der Waals surface area contributed by atoms with E-state index >= 15 is 0 Å². The van der Waals surface area contributed by atoms with Crippen LogP contribution in [0.5, 0.6) is 0 Å². The molecule has 0 aliphatic rings. The van der Waals surface area contributed by atoms with Gasteiger partial charge in [0, 0.05) is 19.5 Å². The molecule has 0 bridgehead atoms. The number of nitrogens with one attached hydrogen (secondary N) is 2. The second kappa shape index (κ2) is 8.40. The number of carbonyl (C=O) groups excluding carboxylic acids is 2. The summed E-state index contributed by atoms with van der Waals surface area (Å²) in [5, 5.41) is 9.48. The van der Waals surface area contributed by atoms with E-state index in [1.54, 1.807) is 0 Å². The third-order valence-electron chi connectivity index (χ3n) is 2.53. The molecule has 116 valence electrons. The molecule has 8 nitrogen and oxygen atoms in total. The molecule has 1 aromatic heterocycles. The number of esters is 1. The first-order valence-corrected chi connectivity index (χ1v) is 7.11. The maximum Gasteiger partial charge on any atom is 0.327 e. The van der Waals surface area contributed by atoms with Gasteiger partial charge >= 0.3 is 5.97 Å². The Morgan fingerprint density at radius 3 is 2.81 bits per heavy atom. The second-order valence-corrected chi connectivity index (χ2v) is 4.83. The minimum absolute atomic E-state index is 0.0758. The molecule has 0 unspecified atom stereocenters. The van der Waals surface area contributed by atoms with Gasteiger partial charge in [0.05, 0.1) is 19.0 Å². The van der Waals surface area contributed by atoms with E-state index < -0.39 is 11.5 Å². The van der Waals surface area contributed by atoms with E-state index in [0.717, 1.165) is 4.68 Å². The highest BCUT2D eigenvalue weighted by Crippen LogP contribution is 2.15. The lowest BCUT2D eigenvalue weighted by atomic mass is 10.3. The fourth-order valence-corrected chi connectivity index (χ4v) is 1.93. The second-order valence-electron chi connectivity index (χ2n) is 4.04. The average Bonchev–Trinajstić information content (AvgIpc) is 2.46. The highest BCUT2D eigenvalue weighted by molar-refractivity contribution is 9.10. The third kappa shape index (κ3) is 5.18. The smallest absolute Gasteiger partial charge is 0.327 e. The van der Waals surface area contributed by atoms with E-state index in [2.05, 4.69) is 36.4 Å². The highest BCUT2D eigenvalue weighted by Gasteiger charge is 2.11. The number of hydrogen-bond donors (Lipinski definition) is 2. The van der Waals surface area contributed by atoms with Crippen LogP contribution in [0, 0.1) is 0 Å². The lowest BCUT2D eigenvalue weighted by molar-refractivity contribution is -0.141. The molecular weight excluding hydrogens is 344 g/mol. The van der Waals surface area contributed by atoms with Gasteiger partial charge in [-0.1, -0.05) is 0 Å². The number of methoxy groups -OCH3 is 1. The summed E-state index contributed by atoms with van der Waals surface area (Å²) in [6.45, 7) is 2.53. The number of hydrogen-bond acceptors (Lipinski definition) is 6. The molecule has 0 atom stereocenters. The number of carbonyl (C=O) groups is 2. The number of amides is 1. The molecule has 0 fully saturated rings. The predicted molar refractivity (Wildman–Crippen MR) is 80.0 cm³/mol. The summed E-state index contributed by atoms with van der Waals surface area (Å²) < 4.78 is 5.72.